The first kappa shape index (κ1) is 23.8. The number of esters is 1. The van der Waals surface area contributed by atoms with Crippen LogP contribution in [0.15, 0.2) is 41.3 Å². The van der Waals surface area contributed by atoms with Gasteiger partial charge in [-0.1, -0.05) is 18.0 Å². The molecule has 1 aliphatic heterocycles. The number of phenols is 1. The highest BCUT2D eigenvalue weighted by Gasteiger charge is 2.27. The fourth-order valence-corrected chi connectivity index (χ4v) is 4.98. The number of halogens is 1. The van der Waals surface area contributed by atoms with E-state index >= 15 is 0 Å². The summed E-state index contributed by atoms with van der Waals surface area (Å²) >= 11 is 5.81. The van der Waals surface area contributed by atoms with Gasteiger partial charge in [0, 0.05) is 18.1 Å². The molecule has 32 heavy (non-hydrogen) atoms. The lowest BCUT2D eigenvalue weighted by Crippen LogP contribution is -2.35. The molecule has 0 spiro atoms. The van der Waals surface area contributed by atoms with Crippen LogP contribution in [-0.4, -0.2) is 56.5 Å². The number of anilines is 1. The highest BCUT2D eigenvalue weighted by molar-refractivity contribution is 7.89. The monoisotopic (exact) mass is 482 g/mol. The number of ether oxygens (including phenoxy) is 2. The number of nitrogens with one attached hydrogen (secondary N) is 1. The van der Waals surface area contributed by atoms with Crippen LogP contribution < -0.4 is 10.1 Å². The Balaban J connectivity index is 1.71. The largest absolute Gasteiger partial charge is 0.507 e. The summed E-state index contributed by atoms with van der Waals surface area (Å²) in [4.78, 5) is 24.5. The van der Waals surface area contributed by atoms with Crippen LogP contribution in [0.1, 0.15) is 29.6 Å². The van der Waals surface area contributed by atoms with Gasteiger partial charge in [0.25, 0.3) is 5.91 Å². The predicted molar refractivity (Wildman–Crippen MR) is 118 cm³/mol. The number of carbonyl (C=O) groups is 2. The molecule has 172 valence electrons. The van der Waals surface area contributed by atoms with Gasteiger partial charge < -0.3 is 19.9 Å². The third-order valence-corrected chi connectivity index (χ3v) is 7.04. The van der Waals surface area contributed by atoms with Gasteiger partial charge in [-0.2, -0.15) is 4.31 Å². The fourth-order valence-electron chi connectivity index (χ4n) is 3.27. The molecule has 3 rings (SSSR count). The molecular formula is C21H23ClN2O7S. The van der Waals surface area contributed by atoms with Crippen LogP contribution in [-0.2, 0) is 19.6 Å². The quantitative estimate of drug-likeness (QED) is 0.581. The van der Waals surface area contributed by atoms with Crippen LogP contribution in [0.3, 0.4) is 0 Å². The Morgan fingerprint density at radius 1 is 1.12 bits per heavy atom. The number of sulfonamides is 1. The number of amides is 1. The predicted octanol–water partition coefficient (Wildman–Crippen LogP) is 3.02. The van der Waals surface area contributed by atoms with E-state index in [0.717, 1.165) is 19.3 Å². The molecule has 2 aromatic rings. The molecule has 0 aromatic heterocycles. The molecule has 0 radical (unpaired) electrons. The Morgan fingerprint density at radius 3 is 2.53 bits per heavy atom. The van der Waals surface area contributed by atoms with Crippen molar-refractivity contribution in [3.8, 4) is 11.5 Å². The first-order valence-electron chi connectivity index (χ1n) is 9.86. The highest BCUT2D eigenvalue weighted by Crippen LogP contribution is 2.30. The maximum Gasteiger partial charge on any atom is 0.342 e. The van der Waals surface area contributed by atoms with Gasteiger partial charge in [-0.3, -0.25) is 4.79 Å². The molecule has 0 atom stereocenters. The van der Waals surface area contributed by atoms with E-state index in [1.807, 2.05) is 0 Å². The first-order valence-corrected chi connectivity index (χ1v) is 11.7. The second kappa shape index (κ2) is 10.2. The molecule has 1 heterocycles. The number of methoxy groups -OCH3 is 1. The third kappa shape index (κ3) is 5.50. The van der Waals surface area contributed by atoms with E-state index in [0.29, 0.717) is 13.1 Å². The summed E-state index contributed by atoms with van der Waals surface area (Å²) in [5.74, 6) is -1.74. The second-order valence-electron chi connectivity index (χ2n) is 7.11. The van der Waals surface area contributed by atoms with E-state index in [1.54, 1.807) is 0 Å². The normalized spacial score (nSPS) is 14.6. The van der Waals surface area contributed by atoms with E-state index in [2.05, 4.69) is 5.32 Å². The van der Waals surface area contributed by atoms with Gasteiger partial charge >= 0.3 is 5.97 Å². The number of hydrogen-bond acceptors (Lipinski definition) is 7. The maximum absolute atomic E-state index is 12.9. The van der Waals surface area contributed by atoms with E-state index < -0.39 is 28.5 Å². The molecule has 1 saturated heterocycles. The Kier molecular flexibility index (Phi) is 7.60. The lowest BCUT2D eigenvalue weighted by atomic mass is 10.2. The van der Waals surface area contributed by atoms with Crippen LogP contribution in [0, 0.1) is 0 Å². The van der Waals surface area contributed by atoms with Gasteiger partial charge in [0.1, 0.15) is 17.1 Å². The molecule has 11 heteroatoms. The third-order valence-electron chi connectivity index (χ3n) is 4.91. The summed E-state index contributed by atoms with van der Waals surface area (Å²) in [5, 5.41) is 12.5. The fraction of sp³-hybridized carbons (Fsp3) is 0.333. The number of carbonyl (C=O) groups excluding carboxylic acids is 2. The molecular weight excluding hydrogens is 460 g/mol. The van der Waals surface area contributed by atoms with E-state index in [-0.39, 0.29) is 32.7 Å². The number of aromatic hydroxyl groups is 1. The SMILES string of the molecule is COc1ccc(S(=O)(=O)N2CCCCC2)cc1NC(=O)COC(=O)c1cc(Cl)ccc1O. The van der Waals surface area contributed by atoms with Gasteiger partial charge in [-0.25, -0.2) is 13.2 Å². The molecule has 0 saturated carbocycles. The van der Waals surface area contributed by atoms with Crippen LogP contribution in [0.5, 0.6) is 11.5 Å². The van der Waals surface area contributed by atoms with Crippen molar-refractivity contribution in [2.45, 2.75) is 24.2 Å². The van der Waals surface area contributed by atoms with Crippen molar-refractivity contribution in [1.29, 1.82) is 0 Å². The van der Waals surface area contributed by atoms with Gasteiger partial charge in [0.15, 0.2) is 6.61 Å². The zero-order chi connectivity index (χ0) is 23.3. The summed E-state index contributed by atoms with van der Waals surface area (Å²) in [5.41, 5.74) is -0.0604. The minimum atomic E-state index is -3.72. The van der Waals surface area contributed by atoms with Gasteiger partial charge in [0.05, 0.1) is 17.7 Å². The number of nitrogens with zero attached hydrogens (tertiary/aromatic N) is 1. The average molecular weight is 483 g/mol. The van der Waals surface area contributed by atoms with Crippen molar-refractivity contribution in [2.24, 2.45) is 0 Å². The van der Waals surface area contributed by atoms with E-state index in [9.17, 15) is 23.1 Å². The molecule has 2 N–H and O–H groups in total. The highest BCUT2D eigenvalue weighted by atomic mass is 35.5. The minimum Gasteiger partial charge on any atom is -0.507 e. The van der Waals surface area contributed by atoms with Gasteiger partial charge in [-0.15, -0.1) is 0 Å². The number of rotatable bonds is 7. The van der Waals surface area contributed by atoms with Crippen molar-refractivity contribution in [1.82, 2.24) is 4.31 Å². The van der Waals surface area contributed by atoms with Crippen molar-refractivity contribution in [2.75, 3.05) is 32.1 Å². The second-order valence-corrected chi connectivity index (χ2v) is 9.49. The molecule has 0 aliphatic carbocycles. The zero-order valence-corrected chi connectivity index (χ0v) is 18.9. The molecule has 1 aliphatic rings. The zero-order valence-electron chi connectivity index (χ0n) is 17.3. The molecule has 1 amide bonds. The topological polar surface area (TPSA) is 122 Å². The Morgan fingerprint density at radius 2 is 1.84 bits per heavy atom. The average Bonchev–Trinajstić information content (AvgIpc) is 2.79. The Labute approximate surface area is 190 Å². The Bertz CT molecular complexity index is 1120. The summed E-state index contributed by atoms with van der Waals surface area (Å²) < 4.78 is 37.4. The van der Waals surface area contributed by atoms with Crippen molar-refractivity contribution < 1.29 is 32.6 Å². The number of benzene rings is 2. The summed E-state index contributed by atoms with van der Waals surface area (Å²) in [6.45, 7) is 0.224. The summed E-state index contributed by atoms with van der Waals surface area (Å²) in [7, 11) is -2.33. The van der Waals surface area contributed by atoms with E-state index in [1.165, 1.54) is 47.8 Å². The summed E-state index contributed by atoms with van der Waals surface area (Å²) in [6, 6.07) is 8.03. The van der Waals surface area contributed by atoms with Crippen molar-refractivity contribution in [3.63, 3.8) is 0 Å². The number of phenolic OH excluding ortho intramolecular Hbond substituents is 1. The van der Waals surface area contributed by atoms with E-state index in [4.69, 9.17) is 21.1 Å². The standard InChI is InChI=1S/C21H23ClN2O7S/c1-30-19-8-6-15(32(28,29)24-9-3-2-4-10-24)12-17(19)23-20(26)13-31-21(27)16-11-14(22)5-7-18(16)25/h5-8,11-12,25H,2-4,9-10,13H2,1H3,(H,23,26). The Hall–Kier alpha value is -2.82. The van der Waals surface area contributed by atoms with Crippen molar-refractivity contribution >= 4 is 39.2 Å². The van der Waals surface area contributed by atoms with Gasteiger partial charge in [0.2, 0.25) is 10.0 Å². The van der Waals surface area contributed by atoms with Crippen molar-refractivity contribution in [3.05, 3.63) is 47.0 Å². The van der Waals surface area contributed by atoms with Crippen LogP contribution in [0.2, 0.25) is 5.02 Å². The van der Waals surface area contributed by atoms with Crippen LogP contribution >= 0.6 is 11.6 Å². The number of hydrogen-bond donors (Lipinski definition) is 2. The molecule has 0 unspecified atom stereocenters. The molecule has 9 nitrogen and oxygen atoms in total. The lowest BCUT2D eigenvalue weighted by molar-refractivity contribution is -0.119. The lowest BCUT2D eigenvalue weighted by Gasteiger charge is -2.26. The van der Waals surface area contributed by atoms with Gasteiger partial charge in [-0.05, 0) is 49.2 Å². The minimum absolute atomic E-state index is 0.0244. The summed E-state index contributed by atoms with van der Waals surface area (Å²) in [6.07, 6.45) is 2.58. The number of piperidine rings is 1. The van der Waals surface area contributed by atoms with Crippen LogP contribution in [0.25, 0.3) is 0 Å². The maximum atomic E-state index is 12.9. The smallest absolute Gasteiger partial charge is 0.342 e. The molecule has 2 aromatic carbocycles. The molecule has 0 bridgehead atoms. The van der Waals surface area contributed by atoms with Crippen LogP contribution in [0.4, 0.5) is 5.69 Å². The molecule has 1 fully saturated rings. The first-order chi connectivity index (χ1) is 15.2.